The molecule has 7 heterocycles. The molecule has 42 heteroatoms. The minimum absolute atomic E-state index is 0. The van der Waals surface area contributed by atoms with Gasteiger partial charge in [0.15, 0.2) is 34.3 Å². The number of aromatic hydroxyl groups is 1. The summed E-state index contributed by atoms with van der Waals surface area (Å²) in [5.74, 6) is -17.4. The maximum atomic E-state index is 14.1. The van der Waals surface area contributed by atoms with Crippen molar-refractivity contribution in [2.75, 3.05) is 19.8 Å². The Morgan fingerprint density at radius 3 is 1.16 bits per heavy atom. The van der Waals surface area contributed by atoms with Crippen LogP contribution in [0.15, 0.2) is 176 Å². The molecule has 8 atom stereocenters. The number of carbonyl (C=O) groups excluding carboxylic acids is 9. The average molecular weight is 2070 g/mol. The third kappa shape index (κ3) is 28.3. The molecule has 148 heavy (non-hydrogen) atoms. The summed E-state index contributed by atoms with van der Waals surface area (Å²) in [5, 5.41) is 26.4. The van der Waals surface area contributed by atoms with Gasteiger partial charge in [0.05, 0.1) is 37.9 Å². The van der Waals surface area contributed by atoms with Crippen LogP contribution >= 0.6 is 0 Å². The molecule has 7 aliphatic rings. The van der Waals surface area contributed by atoms with E-state index in [9.17, 15) is 107 Å². The van der Waals surface area contributed by atoms with Crippen LogP contribution in [0.25, 0.3) is 0 Å². The Morgan fingerprint density at radius 2 is 0.764 bits per heavy atom. The lowest BCUT2D eigenvalue weighted by Gasteiger charge is -2.39. The van der Waals surface area contributed by atoms with E-state index < -0.39 is 162 Å². The van der Waals surface area contributed by atoms with Crippen LogP contribution in [-0.4, -0.2) is 128 Å². The fourth-order valence-electron chi connectivity index (χ4n) is 17.8. The van der Waals surface area contributed by atoms with Gasteiger partial charge in [0, 0.05) is 122 Å². The van der Waals surface area contributed by atoms with Crippen molar-refractivity contribution in [3.8, 4) is 23.0 Å². The zero-order valence-electron chi connectivity index (χ0n) is 81.1. The summed E-state index contributed by atoms with van der Waals surface area (Å²) in [6.45, 7) is 9.45. The second-order valence-corrected chi connectivity index (χ2v) is 36.1. The molecule has 0 radical (unpaired) electrons. The Labute approximate surface area is 843 Å². The van der Waals surface area contributed by atoms with Crippen molar-refractivity contribution in [1.29, 1.82) is 0 Å². The Bertz CT molecular complexity index is 6680. The molecule has 4 saturated carbocycles. The number of hydrogen-bond donors (Lipinski definition) is 9. The minimum atomic E-state index is -1.18. The van der Waals surface area contributed by atoms with Gasteiger partial charge in [0.2, 0.25) is 27.5 Å². The number of nitrogens with two attached hydrogens (primary N) is 2. The summed E-state index contributed by atoms with van der Waals surface area (Å²) in [4.78, 5) is 163. The number of aromatic nitrogens is 3. The van der Waals surface area contributed by atoms with E-state index in [1.54, 1.807) is 66.3 Å². The van der Waals surface area contributed by atoms with Gasteiger partial charge in [-0.1, -0.05) is 150 Å². The standard InChI is InChI=1S/C27H24F3N3O4.C22H24N2O5.C20H18F3N3O4.C18H18O7.C11H22N2O2.C7H6F3N.CH4/c28-16-10-19(29)17(20(30)11-16)12-31-26(35)18-13-33-22-9-5-4-8-21(22)32-27(36)23(33)25(24(18)34)37-14-15-6-2-1-3-7-15;1-2-28-22(27)15-12-24-17-11-7-6-10-16(17)23-21(26)18(24)20(19(15)25)29-13-14-8-4-3-5-9-14;21-9-5-12(22)10(13(23)6-9)7-24-19(29)11-8-26-15-4-2-1-3-14(15)25-20(30)16(26)18(28)17(11)27;1-3-22-17(20)13-11-25-16(18(21)23-4-2)15(14(13)19)24-10-12-8-6-5-7-9-12;1-11(2,3)15-10(14)13-9-7-5-4-6-8(9)12;8-4-1-6(9)5(3-11)7(10)2-4;/h1-3,6-7,10-11,13,21-22H,4-5,8-9,12,14H2,(H,31,35)(H,32,36);3-5,8-9,12,16-17H,2,6-7,10-11,13H2,1H3,(H,23,26);5-6,8,14-15,28H,1-4,7H2,(H,24,29)(H,25,30);5-9,11H,3-4,10H2,1-2H3;8-9H,4-7,12H2,1-3H3,(H,13,14);1-2H,3,11H2;1H4/t21-,22+;16-,17+;14-,15+;;8-,9+;;/m000.1../s1. The number of carbonyl (C=O) groups is 9. The molecule has 0 spiro atoms. The number of nitrogens with one attached hydrogen (secondary N) is 6. The highest BCUT2D eigenvalue weighted by molar-refractivity contribution is 6.01. The van der Waals surface area contributed by atoms with Crippen molar-refractivity contribution in [2.45, 2.75) is 245 Å². The van der Waals surface area contributed by atoms with E-state index >= 15 is 0 Å². The summed E-state index contributed by atoms with van der Waals surface area (Å²) in [5.41, 5.74) is 6.96. The predicted octanol–water partition coefficient (Wildman–Crippen LogP) is 15.5. The number of esters is 3. The van der Waals surface area contributed by atoms with Crippen molar-refractivity contribution >= 4 is 53.5 Å². The predicted molar refractivity (Wildman–Crippen MR) is 521 cm³/mol. The number of alkyl carbamates (subject to hydrolysis) is 1. The van der Waals surface area contributed by atoms with E-state index in [2.05, 4.69) is 31.9 Å². The van der Waals surface area contributed by atoms with Crippen LogP contribution in [0.5, 0.6) is 23.0 Å². The highest BCUT2D eigenvalue weighted by atomic mass is 19.2. The second-order valence-electron chi connectivity index (χ2n) is 36.1. The third-order valence-electron chi connectivity index (χ3n) is 24.9. The van der Waals surface area contributed by atoms with Gasteiger partial charge in [-0.3, -0.25) is 43.2 Å². The van der Waals surface area contributed by atoms with Crippen LogP contribution in [0.2, 0.25) is 0 Å². The largest absolute Gasteiger partial charge is 0.503 e. The first kappa shape index (κ1) is 113. The molecule has 17 rings (SSSR count). The van der Waals surface area contributed by atoms with Crippen LogP contribution in [0, 0.1) is 52.4 Å². The normalized spacial score (nSPS) is 17.9. The molecule has 6 amide bonds. The first-order valence-electron chi connectivity index (χ1n) is 47.9. The van der Waals surface area contributed by atoms with Gasteiger partial charge < -0.3 is 99.8 Å². The van der Waals surface area contributed by atoms with Crippen molar-refractivity contribution in [2.24, 2.45) is 11.5 Å². The molecular weight excluding hydrogens is 1950 g/mol. The topological polar surface area (TPSA) is 459 Å². The van der Waals surface area contributed by atoms with E-state index in [0.717, 1.165) is 119 Å². The average Bonchev–Trinajstić information content (AvgIpc) is 0.751. The van der Waals surface area contributed by atoms with Crippen molar-refractivity contribution < 1.29 is 125 Å². The number of rotatable bonds is 23. The van der Waals surface area contributed by atoms with Crippen molar-refractivity contribution in [1.82, 2.24) is 45.6 Å². The number of pyridine rings is 3. The maximum absolute atomic E-state index is 14.1. The Balaban J connectivity index is 0.000000174. The van der Waals surface area contributed by atoms with Crippen LogP contribution in [0.1, 0.15) is 287 Å². The van der Waals surface area contributed by atoms with Gasteiger partial charge in [-0.05, 0) is 110 Å². The highest BCUT2D eigenvalue weighted by Gasteiger charge is 2.43. The number of halogens is 9. The van der Waals surface area contributed by atoms with E-state index in [4.69, 9.17) is 49.0 Å². The number of fused-ring (bicyclic) bond motifs is 9. The van der Waals surface area contributed by atoms with Crippen LogP contribution < -0.4 is 79.3 Å². The number of amides is 6. The summed E-state index contributed by atoms with van der Waals surface area (Å²) in [6.07, 6.45) is 19.1. The Morgan fingerprint density at radius 1 is 0.432 bits per heavy atom. The van der Waals surface area contributed by atoms with Crippen LogP contribution in [0.3, 0.4) is 0 Å². The van der Waals surface area contributed by atoms with E-state index in [-0.39, 0.29) is 171 Å². The van der Waals surface area contributed by atoms with Gasteiger partial charge in [-0.25, -0.2) is 58.7 Å². The Kier molecular flexibility index (Phi) is 39.8. The highest BCUT2D eigenvalue weighted by Crippen LogP contribution is 2.40. The molecule has 6 aromatic carbocycles. The lowest BCUT2D eigenvalue weighted by Crippen LogP contribution is -2.50. The van der Waals surface area contributed by atoms with Crippen molar-refractivity contribution in [3.63, 3.8) is 0 Å². The van der Waals surface area contributed by atoms with Crippen LogP contribution in [0.4, 0.5) is 44.3 Å². The first-order valence-corrected chi connectivity index (χ1v) is 47.9. The van der Waals surface area contributed by atoms with Gasteiger partial charge >= 0.3 is 24.0 Å². The maximum Gasteiger partial charge on any atom is 0.407 e. The molecule has 4 aromatic heterocycles. The molecule has 4 aliphatic carbocycles. The number of benzene rings is 6. The summed E-state index contributed by atoms with van der Waals surface area (Å²) in [6, 6.07) is 30.0. The number of ether oxygens (including phenoxy) is 7. The summed E-state index contributed by atoms with van der Waals surface area (Å²) in [7, 11) is 0. The molecule has 0 saturated heterocycles. The van der Waals surface area contributed by atoms with E-state index in [1.165, 1.54) is 23.2 Å². The van der Waals surface area contributed by atoms with Gasteiger partial charge in [0.25, 0.3) is 35.3 Å². The summed E-state index contributed by atoms with van der Waals surface area (Å²) < 4.78 is 166. The molecule has 11 N–H and O–H groups in total. The zero-order valence-corrected chi connectivity index (χ0v) is 81.1. The lowest BCUT2D eigenvalue weighted by atomic mass is 9.87. The minimum Gasteiger partial charge on any atom is -0.503 e. The van der Waals surface area contributed by atoms with Crippen molar-refractivity contribution in [3.05, 3.63) is 324 Å². The molecular formula is C106H116F9N11O22. The molecule has 0 bridgehead atoms. The number of nitrogens with zero attached hydrogens (tertiary/aromatic N) is 3. The third-order valence-corrected chi connectivity index (χ3v) is 24.9. The van der Waals surface area contributed by atoms with Gasteiger partial charge in [-0.2, -0.15) is 0 Å². The van der Waals surface area contributed by atoms with E-state index in [1.807, 2.05) is 75.4 Å². The monoisotopic (exact) mass is 2070 g/mol. The quantitative estimate of drug-likeness (QED) is 0.0163. The smallest absolute Gasteiger partial charge is 0.407 e. The summed E-state index contributed by atoms with van der Waals surface area (Å²) >= 11 is 0. The molecule has 33 nitrogen and oxygen atoms in total. The molecule has 3 aliphatic heterocycles. The zero-order chi connectivity index (χ0) is 106. The second kappa shape index (κ2) is 52.1. The first-order chi connectivity index (χ1) is 70.3. The van der Waals surface area contributed by atoms with E-state index in [0.29, 0.717) is 42.8 Å². The molecule has 10 aromatic rings. The van der Waals surface area contributed by atoms with Crippen LogP contribution in [-0.2, 0) is 58.4 Å². The molecule has 4 fully saturated rings. The fraction of sp³-hybridized carbons (Fsp3) is 0.387. The lowest BCUT2D eigenvalue weighted by molar-refractivity contribution is 0.0462. The van der Waals surface area contributed by atoms with Gasteiger partial charge in [-0.15, -0.1) is 0 Å². The van der Waals surface area contributed by atoms with Gasteiger partial charge in [0.1, 0.15) is 106 Å². The Hall–Kier alpha value is -15.4. The fourth-order valence-corrected chi connectivity index (χ4v) is 17.8. The molecule has 790 valence electrons. The number of hydrogen-bond acceptors (Lipinski definition) is 24. The SMILES string of the molecule is C.CC(C)(C)OC(=O)N[C@H]1CCCC[C@H]1N.CCOC(=O)c1cn2c(c(OCc3ccccc3)c1=O)C(=O)N[C@H]1CCCC[C@H]12.CCOC(=O)c1occ(C(=O)OCC)c(=O)c1OCc1ccccc1.NCc1c(F)cc(F)cc1F.O=C(NCc1c(F)cc(F)cc1F)c1cn2c(c(O)c1=O)C(=O)N[C@H]1CCCC[C@H]12.O=C(NCc1c(F)cc(F)cc1F)c1cn2c(c(OCc3ccccc3)c1=O)C(=O)N[C@H]1CCCC[C@H]12. The molecule has 0 unspecified atom stereocenters.